The molecule has 7 fully saturated rings. The Labute approximate surface area is 152 Å². The summed E-state index contributed by atoms with van der Waals surface area (Å²) in [5.74, 6) is 3.07. The van der Waals surface area contributed by atoms with Gasteiger partial charge in [-0.05, 0) is 94.8 Å². The normalized spacial score (nSPS) is 51.5. The van der Waals surface area contributed by atoms with E-state index >= 15 is 0 Å². The Hall–Kier alpha value is -0.570. The molecular weight excluding hydrogens is 308 g/mol. The van der Waals surface area contributed by atoms with Crippen molar-refractivity contribution in [2.75, 3.05) is 0 Å². The summed E-state index contributed by atoms with van der Waals surface area (Å²) in [6, 6.07) is 2.89. The number of hydrogen-bond donors (Lipinski definition) is 1. The minimum absolute atomic E-state index is 0.0392. The third-order valence-electron chi connectivity index (χ3n) is 8.85. The molecule has 3 heteroatoms. The van der Waals surface area contributed by atoms with Gasteiger partial charge in [0.15, 0.2) is 0 Å². The van der Waals surface area contributed by atoms with E-state index in [1.165, 1.54) is 83.5 Å². The first-order valence-electron chi connectivity index (χ1n) is 11.3. The molecule has 2 atom stereocenters. The van der Waals surface area contributed by atoms with Gasteiger partial charge in [0.2, 0.25) is 5.91 Å². The van der Waals surface area contributed by atoms with E-state index in [0.717, 1.165) is 35.9 Å². The zero-order valence-electron chi connectivity index (χ0n) is 15.6. The molecule has 0 aromatic carbocycles. The molecule has 6 bridgehead atoms. The van der Waals surface area contributed by atoms with Gasteiger partial charge in [0.1, 0.15) is 0 Å². The predicted molar refractivity (Wildman–Crippen MR) is 98.1 cm³/mol. The van der Waals surface area contributed by atoms with Crippen LogP contribution in [0.2, 0.25) is 0 Å². The predicted octanol–water partition coefficient (Wildman–Crippen LogP) is 3.87. The number of rotatable bonds is 3. The molecule has 1 N–H and O–H groups in total. The van der Waals surface area contributed by atoms with Crippen LogP contribution in [0.25, 0.3) is 0 Å². The number of nitrogens with one attached hydrogen (secondary N) is 1. The van der Waals surface area contributed by atoms with Gasteiger partial charge in [-0.3, -0.25) is 9.69 Å². The Bertz CT molecular complexity index is 519. The molecule has 7 aliphatic rings. The van der Waals surface area contributed by atoms with Gasteiger partial charge in [-0.15, -0.1) is 0 Å². The number of carbonyl (C=O) groups excluding carboxylic acids is 1. The summed E-state index contributed by atoms with van der Waals surface area (Å²) in [4.78, 5) is 16.3. The van der Waals surface area contributed by atoms with Crippen LogP contribution in [-0.4, -0.2) is 35.0 Å². The second-order valence-electron chi connectivity index (χ2n) is 10.8. The van der Waals surface area contributed by atoms with Gasteiger partial charge in [-0.25, -0.2) is 0 Å². The smallest absolute Gasteiger partial charge is 0.226 e. The fourth-order valence-electron chi connectivity index (χ4n) is 8.23. The van der Waals surface area contributed by atoms with Gasteiger partial charge in [-0.2, -0.15) is 0 Å². The minimum atomic E-state index is 0.0392. The molecule has 0 aromatic heterocycles. The van der Waals surface area contributed by atoms with E-state index in [2.05, 4.69) is 10.2 Å². The highest BCUT2D eigenvalue weighted by molar-refractivity contribution is 5.83. The van der Waals surface area contributed by atoms with Gasteiger partial charge in [-0.1, -0.05) is 6.42 Å². The second-order valence-corrected chi connectivity index (χ2v) is 10.8. The van der Waals surface area contributed by atoms with Crippen molar-refractivity contribution in [1.82, 2.24) is 10.2 Å². The lowest BCUT2D eigenvalue weighted by atomic mass is 9.49. The number of hydrogen-bond acceptors (Lipinski definition) is 2. The van der Waals surface area contributed by atoms with Crippen LogP contribution in [0, 0.1) is 23.2 Å². The van der Waals surface area contributed by atoms with Crippen LogP contribution in [0.15, 0.2) is 0 Å². The van der Waals surface area contributed by atoms with Crippen LogP contribution < -0.4 is 5.32 Å². The maximum atomic E-state index is 13.4. The SMILES string of the molecule is O=C(NC1CC2CCCC(C1)N2C1CC1)C12CC3CC(CC(C3)C1)C2. The lowest BCUT2D eigenvalue weighted by molar-refractivity contribution is -0.147. The van der Waals surface area contributed by atoms with Crippen LogP contribution in [0.5, 0.6) is 0 Å². The topological polar surface area (TPSA) is 32.3 Å². The summed E-state index contributed by atoms with van der Waals surface area (Å²) in [6.07, 6.45) is 17.4. The van der Waals surface area contributed by atoms with Gasteiger partial charge in [0.25, 0.3) is 0 Å². The maximum absolute atomic E-state index is 13.4. The third kappa shape index (κ3) is 2.51. The van der Waals surface area contributed by atoms with Crippen molar-refractivity contribution in [3.05, 3.63) is 0 Å². The standard InChI is InChI=1S/C22H34N2O/c25-21(22-11-14-6-15(12-22)8-16(7-14)13-22)23-17-9-19-2-1-3-20(10-17)24(19)18-4-5-18/h14-20H,1-13H2,(H,23,25). The Morgan fingerprint density at radius 3 is 1.84 bits per heavy atom. The first-order valence-corrected chi connectivity index (χ1v) is 11.3. The third-order valence-corrected chi connectivity index (χ3v) is 8.85. The molecule has 3 nitrogen and oxygen atoms in total. The average molecular weight is 343 g/mol. The number of carbonyl (C=O) groups is 1. The second kappa shape index (κ2) is 5.47. The molecule has 2 saturated heterocycles. The number of nitrogens with zero attached hydrogens (tertiary/aromatic N) is 1. The number of amides is 1. The van der Waals surface area contributed by atoms with E-state index in [1.807, 2.05) is 0 Å². The Morgan fingerprint density at radius 2 is 1.32 bits per heavy atom. The Morgan fingerprint density at radius 1 is 0.760 bits per heavy atom. The number of piperidine rings is 2. The highest BCUT2D eigenvalue weighted by Gasteiger charge is 2.55. The lowest BCUT2D eigenvalue weighted by Gasteiger charge is -2.56. The molecule has 1 amide bonds. The largest absolute Gasteiger partial charge is 0.353 e. The summed E-state index contributed by atoms with van der Waals surface area (Å²) in [5, 5.41) is 3.62. The molecule has 0 radical (unpaired) electrons. The first kappa shape index (κ1) is 15.5. The van der Waals surface area contributed by atoms with E-state index in [4.69, 9.17) is 0 Å². The van der Waals surface area contributed by atoms with Crippen molar-refractivity contribution in [1.29, 1.82) is 0 Å². The lowest BCUT2D eigenvalue weighted by Crippen LogP contribution is -2.60. The maximum Gasteiger partial charge on any atom is 0.226 e. The summed E-state index contributed by atoms with van der Waals surface area (Å²) in [7, 11) is 0. The molecule has 2 heterocycles. The molecule has 5 saturated carbocycles. The van der Waals surface area contributed by atoms with Crippen molar-refractivity contribution < 1.29 is 4.79 Å². The summed E-state index contributed by atoms with van der Waals surface area (Å²) in [5.41, 5.74) is 0.0392. The van der Waals surface area contributed by atoms with Crippen LogP contribution in [0.1, 0.15) is 83.5 Å². The zero-order chi connectivity index (χ0) is 16.6. The molecule has 25 heavy (non-hydrogen) atoms. The van der Waals surface area contributed by atoms with E-state index < -0.39 is 0 Å². The monoisotopic (exact) mass is 342 g/mol. The molecule has 5 aliphatic carbocycles. The molecule has 2 aliphatic heterocycles. The van der Waals surface area contributed by atoms with Crippen molar-refractivity contribution in [3.8, 4) is 0 Å². The van der Waals surface area contributed by atoms with Crippen LogP contribution in [-0.2, 0) is 4.79 Å². The average Bonchev–Trinajstić information content (AvgIpc) is 3.37. The number of fused-ring (bicyclic) bond motifs is 2. The molecule has 2 unspecified atom stereocenters. The van der Waals surface area contributed by atoms with Crippen molar-refractivity contribution in [2.45, 2.75) is 108 Å². The molecule has 138 valence electrons. The van der Waals surface area contributed by atoms with Crippen LogP contribution in [0.3, 0.4) is 0 Å². The minimum Gasteiger partial charge on any atom is -0.353 e. The van der Waals surface area contributed by atoms with E-state index in [-0.39, 0.29) is 5.41 Å². The zero-order valence-corrected chi connectivity index (χ0v) is 15.6. The summed E-state index contributed by atoms with van der Waals surface area (Å²) in [6.45, 7) is 0. The van der Waals surface area contributed by atoms with Crippen molar-refractivity contribution in [2.24, 2.45) is 23.2 Å². The van der Waals surface area contributed by atoms with Gasteiger partial charge >= 0.3 is 0 Å². The van der Waals surface area contributed by atoms with Crippen LogP contribution >= 0.6 is 0 Å². The summed E-state index contributed by atoms with van der Waals surface area (Å²) < 4.78 is 0. The quantitative estimate of drug-likeness (QED) is 0.844. The summed E-state index contributed by atoms with van der Waals surface area (Å²) >= 11 is 0. The highest BCUT2D eigenvalue weighted by atomic mass is 16.2. The molecule has 0 spiro atoms. The van der Waals surface area contributed by atoms with E-state index in [9.17, 15) is 4.79 Å². The molecular formula is C22H34N2O. The van der Waals surface area contributed by atoms with Crippen molar-refractivity contribution in [3.63, 3.8) is 0 Å². The Balaban J connectivity index is 1.16. The molecule has 0 aromatic rings. The van der Waals surface area contributed by atoms with E-state index in [1.54, 1.807) is 0 Å². The van der Waals surface area contributed by atoms with E-state index in [0.29, 0.717) is 11.9 Å². The highest BCUT2D eigenvalue weighted by Crippen LogP contribution is 2.60. The van der Waals surface area contributed by atoms with Gasteiger partial charge in [0, 0.05) is 29.6 Å². The fourth-order valence-corrected chi connectivity index (χ4v) is 8.23. The molecule has 7 rings (SSSR count). The van der Waals surface area contributed by atoms with Gasteiger partial charge < -0.3 is 5.32 Å². The fraction of sp³-hybridized carbons (Fsp3) is 0.955. The first-order chi connectivity index (χ1) is 12.2. The van der Waals surface area contributed by atoms with Crippen LogP contribution in [0.4, 0.5) is 0 Å². The van der Waals surface area contributed by atoms with Crippen molar-refractivity contribution >= 4 is 5.91 Å². The van der Waals surface area contributed by atoms with Gasteiger partial charge in [0.05, 0.1) is 0 Å². The Kier molecular flexibility index (Phi) is 3.39.